The SMILES string of the molecule is CCCNC(=O)[C@@H](C)N(Cc1ccc(Cl)c(Cl)c1)C(=O)Cc1cc(C)cc(C)c1. The molecule has 0 fully saturated rings. The van der Waals surface area contributed by atoms with Crippen LogP contribution < -0.4 is 5.32 Å². The van der Waals surface area contributed by atoms with Crippen LogP contribution in [-0.4, -0.2) is 29.3 Å². The fraction of sp³-hybridized carbons (Fsp3) is 0.391. The van der Waals surface area contributed by atoms with E-state index in [9.17, 15) is 9.59 Å². The molecule has 0 unspecified atom stereocenters. The first-order chi connectivity index (χ1) is 13.7. The molecule has 0 saturated heterocycles. The predicted octanol–water partition coefficient (Wildman–Crippen LogP) is 5.10. The molecule has 0 saturated carbocycles. The Kier molecular flexibility index (Phi) is 8.54. The van der Waals surface area contributed by atoms with Crippen LogP contribution in [0.2, 0.25) is 10.0 Å². The van der Waals surface area contributed by atoms with E-state index in [1.54, 1.807) is 24.0 Å². The van der Waals surface area contributed by atoms with Crippen molar-refractivity contribution in [1.29, 1.82) is 0 Å². The van der Waals surface area contributed by atoms with Gasteiger partial charge in [-0.25, -0.2) is 0 Å². The highest BCUT2D eigenvalue weighted by Crippen LogP contribution is 2.24. The number of rotatable bonds is 8. The number of nitrogens with one attached hydrogen (secondary N) is 1. The zero-order chi connectivity index (χ0) is 21.6. The quantitative estimate of drug-likeness (QED) is 0.628. The first kappa shape index (κ1) is 23.2. The third-order valence-electron chi connectivity index (χ3n) is 4.69. The molecule has 4 nitrogen and oxygen atoms in total. The Morgan fingerprint density at radius 3 is 2.24 bits per heavy atom. The average Bonchev–Trinajstić information content (AvgIpc) is 2.65. The standard InChI is InChI=1S/C23H28Cl2N2O2/c1-5-8-26-23(29)17(4)27(14-18-6-7-20(24)21(25)12-18)22(28)13-19-10-15(2)9-16(3)11-19/h6-7,9-12,17H,5,8,13-14H2,1-4H3,(H,26,29)/t17-/m1/s1. The van der Waals surface area contributed by atoms with Crippen LogP contribution in [0.15, 0.2) is 36.4 Å². The summed E-state index contributed by atoms with van der Waals surface area (Å²) in [6.07, 6.45) is 1.07. The monoisotopic (exact) mass is 434 g/mol. The van der Waals surface area contributed by atoms with Crippen LogP contribution in [0.3, 0.4) is 0 Å². The number of amides is 2. The second kappa shape index (κ2) is 10.7. The van der Waals surface area contributed by atoms with E-state index < -0.39 is 6.04 Å². The van der Waals surface area contributed by atoms with Crippen LogP contribution in [0.25, 0.3) is 0 Å². The largest absolute Gasteiger partial charge is 0.354 e. The maximum atomic E-state index is 13.2. The van der Waals surface area contributed by atoms with Crippen molar-refractivity contribution in [3.8, 4) is 0 Å². The molecule has 0 aromatic heterocycles. The van der Waals surface area contributed by atoms with Crippen molar-refractivity contribution < 1.29 is 9.59 Å². The maximum Gasteiger partial charge on any atom is 0.242 e. The number of carbonyl (C=O) groups excluding carboxylic acids is 2. The summed E-state index contributed by atoms with van der Waals surface area (Å²) in [5.74, 6) is -0.277. The molecule has 0 bridgehead atoms. The smallest absolute Gasteiger partial charge is 0.242 e. The van der Waals surface area contributed by atoms with E-state index in [0.29, 0.717) is 16.6 Å². The molecular formula is C23H28Cl2N2O2. The summed E-state index contributed by atoms with van der Waals surface area (Å²) < 4.78 is 0. The van der Waals surface area contributed by atoms with E-state index in [4.69, 9.17) is 23.2 Å². The van der Waals surface area contributed by atoms with Gasteiger partial charge in [0.05, 0.1) is 16.5 Å². The normalized spacial score (nSPS) is 11.8. The highest BCUT2D eigenvalue weighted by Gasteiger charge is 2.26. The Bertz CT molecular complexity index is 863. The second-order valence-electron chi connectivity index (χ2n) is 7.41. The van der Waals surface area contributed by atoms with Crippen molar-refractivity contribution in [3.05, 3.63) is 68.7 Å². The van der Waals surface area contributed by atoms with Crippen LogP contribution >= 0.6 is 23.2 Å². The van der Waals surface area contributed by atoms with E-state index in [1.165, 1.54) is 0 Å². The van der Waals surface area contributed by atoms with Gasteiger partial charge in [0.1, 0.15) is 6.04 Å². The molecule has 29 heavy (non-hydrogen) atoms. The Balaban J connectivity index is 2.27. The van der Waals surface area contributed by atoms with Crippen molar-refractivity contribution in [1.82, 2.24) is 10.2 Å². The molecule has 0 aliphatic carbocycles. The Morgan fingerprint density at radius 2 is 1.66 bits per heavy atom. The van der Waals surface area contributed by atoms with E-state index in [1.807, 2.05) is 39.0 Å². The fourth-order valence-corrected chi connectivity index (χ4v) is 3.58. The van der Waals surface area contributed by atoms with Crippen molar-refractivity contribution in [3.63, 3.8) is 0 Å². The van der Waals surface area contributed by atoms with Gasteiger partial charge in [-0.05, 0) is 50.5 Å². The molecule has 0 heterocycles. The van der Waals surface area contributed by atoms with Gasteiger partial charge < -0.3 is 10.2 Å². The van der Waals surface area contributed by atoms with Gasteiger partial charge in [-0.1, -0.05) is 65.5 Å². The number of hydrogen-bond donors (Lipinski definition) is 1. The molecule has 0 aliphatic rings. The zero-order valence-corrected chi connectivity index (χ0v) is 18.9. The highest BCUT2D eigenvalue weighted by atomic mass is 35.5. The maximum absolute atomic E-state index is 13.2. The topological polar surface area (TPSA) is 49.4 Å². The fourth-order valence-electron chi connectivity index (χ4n) is 3.26. The number of benzene rings is 2. The first-order valence-electron chi connectivity index (χ1n) is 9.79. The Morgan fingerprint density at radius 1 is 1.00 bits per heavy atom. The minimum atomic E-state index is -0.602. The van der Waals surface area contributed by atoms with Crippen LogP contribution in [0.5, 0.6) is 0 Å². The summed E-state index contributed by atoms with van der Waals surface area (Å²) in [6, 6.07) is 10.7. The average molecular weight is 435 g/mol. The summed E-state index contributed by atoms with van der Waals surface area (Å²) in [4.78, 5) is 27.4. The van der Waals surface area contributed by atoms with Gasteiger partial charge in [0.25, 0.3) is 0 Å². The number of carbonyl (C=O) groups is 2. The van der Waals surface area contributed by atoms with E-state index in [2.05, 4.69) is 11.4 Å². The third kappa shape index (κ3) is 6.76. The molecular weight excluding hydrogens is 407 g/mol. The molecule has 2 aromatic carbocycles. The van der Waals surface area contributed by atoms with Crippen molar-refractivity contribution in [2.75, 3.05) is 6.54 Å². The first-order valence-corrected chi connectivity index (χ1v) is 10.5. The second-order valence-corrected chi connectivity index (χ2v) is 8.22. The van der Waals surface area contributed by atoms with Crippen LogP contribution in [0, 0.1) is 13.8 Å². The molecule has 0 aliphatic heterocycles. The predicted molar refractivity (Wildman–Crippen MR) is 119 cm³/mol. The summed E-state index contributed by atoms with van der Waals surface area (Å²) in [5.41, 5.74) is 3.98. The minimum Gasteiger partial charge on any atom is -0.354 e. The Hall–Kier alpha value is -2.04. The molecule has 2 aromatic rings. The van der Waals surface area contributed by atoms with Gasteiger partial charge in [0.15, 0.2) is 0 Å². The van der Waals surface area contributed by atoms with E-state index in [-0.39, 0.29) is 24.8 Å². The summed E-state index contributed by atoms with van der Waals surface area (Å²) >= 11 is 12.1. The molecule has 2 amide bonds. The van der Waals surface area contributed by atoms with Crippen molar-refractivity contribution >= 4 is 35.0 Å². The van der Waals surface area contributed by atoms with E-state index >= 15 is 0 Å². The summed E-state index contributed by atoms with van der Waals surface area (Å²) in [7, 11) is 0. The molecule has 156 valence electrons. The van der Waals surface area contributed by atoms with Gasteiger partial charge in [-0.2, -0.15) is 0 Å². The lowest BCUT2D eigenvalue weighted by Crippen LogP contribution is -2.48. The molecule has 0 radical (unpaired) electrons. The zero-order valence-electron chi connectivity index (χ0n) is 17.4. The lowest BCUT2D eigenvalue weighted by Gasteiger charge is -2.29. The lowest BCUT2D eigenvalue weighted by molar-refractivity contribution is -0.140. The molecule has 1 atom stereocenters. The summed E-state index contributed by atoms with van der Waals surface area (Å²) in [5, 5.41) is 3.76. The molecule has 0 spiro atoms. The van der Waals surface area contributed by atoms with Gasteiger partial charge >= 0.3 is 0 Å². The number of halogens is 2. The van der Waals surface area contributed by atoms with Gasteiger partial charge in [-0.3, -0.25) is 9.59 Å². The van der Waals surface area contributed by atoms with Crippen molar-refractivity contribution in [2.24, 2.45) is 0 Å². The Labute approximate surface area is 183 Å². The van der Waals surface area contributed by atoms with Gasteiger partial charge in [0, 0.05) is 13.1 Å². The third-order valence-corrected chi connectivity index (χ3v) is 5.43. The number of nitrogens with zero attached hydrogens (tertiary/aromatic N) is 1. The molecule has 1 N–H and O–H groups in total. The van der Waals surface area contributed by atoms with Crippen LogP contribution in [0.1, 0.15) is 42.5 Å². The van der Waals surface area contributed by atoms with Gasteiger partial charge in [0.2, 0.25) is 11.8 Å². The number of aryl methyl sites for hydroxylation is 2. The highest BCUT2D eigenvalue weighted by molar-refractivity contribution is 6.42. The molecule has 6 heteroatoms. The molecule has 2 rings (SSSR count). The van der Waals surface area contributed by atoms with Gasteiger partial charge in [-0.15, -0.1) is 0 Å². The minimum absolute atomic E-state index is 0.111. The van der Waals surface area contributed by atoms with Crippen LogP contribution in [0.4, 0.5) is 0 Å². The summed E-state index contributed by atoms with van der Waals surface area (Å²) in [6.45, 7) is 8.62. The van der Waals surface area contributed by atoms with Crippen molar-refractivity contribution in [2.45, 2.75) is 53.1 Å². The lowest BCUT2D eigenvalue weighted by atomic mass is 10.0. The van der Waals surface area contributed by atoms with Crippen LogP contribution in [-0.2, 0) is 22.6 Å². The van der Waals surface area contributed by atoms with E-state index in [0.717, 1.165) is 28.7 Å². The number of hydrogen-bond acceptors (Lipinski definition) is 2.